The van der Waals surface area contributed by atoms with Gasteiger partial charge in [-0.15, -0.1) is 0 Å². The number of nitrogens with zero attached hydrogens (tertiary/aromatic N) is 2. The van der Waals surface area contributed by atoms with Gasteiger partial charge in [0.1, 0.15) is 0 Å². The van der Waals surface area contributed by atoms with Crippen LogP contribution in [0.1, 0.15) is 59.2 Å². The molecule has 0 spiro atoms. The summed E-state index contributed by atoms with van der Waals surface area (Å²) in [6.45, 7) is 7.05. The molecule has 182 valence electrons. The van der Waals surface area contributed by atoms with Crippen LogP contribution in [-0.4, -0.2) is 21.7 Å². The van der Waals surface area contributed by atoms with Gasteiger partial charge in [-0.2, -0.15) is 27.1 Å². The van der Waals surface area contributed by atoms with Gasteiger partial charge < -0.3 is 0 Å². The average Bonchev–Trinajstić information content (AvgIpc) is 3.28. The lowest BCUT2D eigenvalue weighted by molar-refractivity contribution is -0.291. The molecule has 35 heavy (non-hydrogen) atoms. The van der Waals surface area contributed by atoms with Crippen LogP contribution in [0.4, 0.5) is 22.0 Å². The zero-order valence-electron chi connectivity index (χ0n) is 19.5. The number of benzene rings is 2. The van der Waals surface area contributed by atoms with Gasteiger partial charge in [0.2, 0.25) is 0 Å². The Bertz CT molecular complexity index is 1340. The zero-order valence-corrected chi connectivity index (χ0v) is 19.5. The SMILES string of the molecule is CC1=C(/C=C/c2ccc(C)cc2)n2nc(C(F)(F)C(F)(F)F)c(C(=O)c3ccccc3)c2C1(C)C. The van der Waals surface area contributed by atoms with Crippen LogP contribution in [-0.2, 0) is 11.3 Å². The first-order valence-corrected chi connectivity index (χ1v) is 10.9. The smallest absolute Gasteiger partial charge is 0.288 e. The van der Waals surface area contributed by atoms with Crippen molar-refractivity contribution in [2.24, 2.45) is 0 Å². The van der Waals surface area contributed by atoms with Gasteiger partial charge in [-0.3, -0.25) is 4.79 Å². The van der Waals surface area contributed by atoms with Gasteiger partial charge in [-0.05, 0) is 31.1 Å². The predicted octanol–water partition coefficient (Wildman–Crippen LogP) is 7.31. The van der Waals surface area contributed by atoms with Gasteiger partial charge in [-0.25, -0.2) is 4.68 Å². The first-order valence-electron chi connectivity index (χ1n) is 10.9. The Hall–Kier alpha value is -3.55. The molecule has 0 amide bonds. The van der Waals surface area contributed by atoms with E-state index in [4.69, 9.17) is 0 Å². The summed E-state index contributed by atoms with van der Waals surface area (Å²) < 4.78 is 70.9. The minimum Gasteiger partial charge on any atom is -0.288 e. The summed E-state index contributed by atoms with van der Waals surface area (Å²) >= 11 is 0. The molecule has 3 aromatic rings. The van der Waals surface area contributed by atoms with Gasteiger partial charge in [0.05, 0.1) is 17.0 Å². The van der Waals surface area contributed by atoms with E-state index in [-0.39, 0.29) is 11.3 Å². The number of fused-ring (bicyclic) bond motifs is 1. The number of allylic oxidation sites excluding steroid dienone is 3. The van der Waals surface area contributed by atoms with Crippen LogP contribution in [0.2, 0.25) is 0 Å². The number of hydrogen-bond donors (Lipinski definition) is 0. The van der Waals surface area contributed by atoms with Crippen molar-refractivity contribution in [3.63, 3.8) is 0 Å². The summed E-state index contributed by atoms with van der Waals surface area (Å²) in [5.74, 6) is -6.25. The van der Waals surface area contributed by atoms with Gasteiger partial charge in [0.15, 0.2) is 11.5 Å². The molecule has 4 rings (SSSR count). The van der Waals surface area contributed by atoms with Gasteiger partial charge in [0.25, 0.3) is 0 Å². The molecule has 1 aliphatic rings. The van der Waals surface area contributed by atoms with Crippen molar-refractivity contribution >= 4 is 17.6 Å². The quantitative estimate of drug-likeness (QED) is 0.280. The maximum Gasteiger partial charge on any atom is 0.459 e. The van der Waals surface area contributed by atoms with E-state index in [0.717, 1.165) is 15.8 Å². The molecule has 0 saturated carbocycles. The Morgan fingerprint density at radius 1 is 0.914 bits per heavy atom. The largest absolute Gasteiger partial charge is 0.459 e. The van der Waals surface area contributed by atoms with E-state index in [0.29, 0.717) is 11.3 Å². The van der Waals surface area contributed by atoms with E-state index in [1.165, 1.54) is 24.3 Å². The first-order chi connectivity index (χ1) is 16.3. The highest BCUT2D eigenvalue weighted by Crippen LogP contribution is 2.51. The first kappa shape index (κ1) is 24.6. The Labute approximate surface area is 199 Å². The summed E-state index contributed by atoms with van der Waals surface area (Å²) in [5.41, 5.74) is -0.431. The molecule has 1 aliphatic heterocycles. The van der Waals surface area contributed by atoms with Gasteiger partial charge >= 0.3 is 12.1 Å². The number of carbonyl (C=O) groups excluding carboxylic acids is 1. The summed E-state index contributed by atoms with van der Waals surface area (Å²) in [6.07, 6.45) is -2.57. The number of aryl methyl sites for hydroxylation is 1. The molecule has 0 fully saturated rings. The standard InChI is InChI=1S/C27H23F5N2O/c1-16-10-12-18(13-11-16)14-15-20-17(2)25(3,4)24-21(22(35)19-8-6-5-7-9-19)23(33-34(20)24)26(28,29)27(30,31)32/h5-15H,1-4H3/b15-14+. The van der Waals surface area contributed by atoms with E-state index >= 15 is 0 Å². The third kappa shape index (κ3) is 4.00. The summed E-state index contributed by atoms with van der Waals surface area (Å²) in [6, 6.07) is 14.9. The zero-order chi connectivity index (χ0) is 25.8. The molecule has 0 unspecified atom stereocenters. The normalized spacial score (nSPS) is 15.7. The van der Waals surface area contributed by atoms with Crippen molar-refractivity contribution in [3.8, 4) is 0 Å². The maximum atomic E-state index is 14.7. The summed E-state index contributed by atoms with van der Waals surface area (Å²) in [4.78, 5) is 13.4. The van der Waals surface area contributed by atoms with Gasteiger partial charge in [0, 0.05) is 11.0 Å². The van der Waals surface area contributed by atoms with Crippen molar-refractivity contribution < 1.29 is 26.7 Å². The highest BCUT2D eigenvalue weighted by molar-refractivity contribution is 6.11. The summed E-state index contributed by atoms with van der Waals surface area (Å²) in [7, 11) is 0. The number of aromatic nitrogens is 2. The van der Waals surface area contributed by atoms with Crippen molar-refractivity contribution in [2.45, 2.75) is 45.2 Å². The van der Waals surface area contributed by atoms with E-state index < -0.39 is 34.6 Å². The van der Waals surface area contributed by atoms with E-state index in [9.17, 15) is 26.7 Å². The third-order valence-electron chi connectivity index (χ3n) is 6.45. The monoisotopic (exact) mass is 486 g/mol. The number of hydrogen-bond acceptors (Lipinski definition) is 2. The van der Waals surface area contributed by atoms with Crippen LogP contribution in [0.3, 0.4) is 0 Å². The van der Waals surface area contributed by atoms with E-state index in [2.05, 4.69) is 5.10 Å². The van der Waals surface area contributed by atoms with Crippen molar-refractivity contribution in [1.29, 1.82) is 0 Å². The fraction of sp³-hybridized carbons (Fsp3) is 0.259. The predicted molar refractivity (Wildman–Crippen MR) is 124 cm³/mol. The average molecular weight is 486 g/mol. The van der Waals surface area contributed by atoms with Crippen molar-refractivity contribution in [1.82, 2.24) is 9.78 Å². The number of alkyl halides is 5. The molecule has 0 saturated heterocycles. The second kappa shape index (κ2) is 8.29. The van der Waals surface area contributed by atoms with Gasteiger partial charge in [-0.1, -0.05) is 80.1 Å². The second-order valence-electron chi connectivity index (χ2n) is 9.13. The lowest BCUT2D eigenvalue weighted by atomic mass is 9.79. The van der Waals surface area contributed by atoms with Crippen molar-refractivity contribution in [2.75, 3.05) is 0 Å². The topological polar surface area (TPSA) is 34.9 Å². The molecule has 0 radical (unpaired) electrons. The Balaban J connectivity index is 1.96. The van der Waals surface area contributed by atoms with Crippen LogP contribution >= 0.6 is 0 Å². The van der Waals surface area contributed by atoms with Crippen LogP contribution in [0, 0.1) is 6.92 Å². The van der Waals surface area contributed by atoms with E-state index in [1.807, 2.05) is 31.2 Å². The van der Waals surface area contributed by atoms with Crippen LogP contribution in [0.15, 0.2) is 66.2 Å². The lowest BCUT2D eigenvalue weighted by Gasteiger charge is -2.23. The molecule has 0 aliphatic carbocycles. The molecular formula is C27H23F5N2O. The van der Waals surface area contributed by atoms with Crippen LogP contribution in [0.25, 0.3) is 11.8 Å². The third-order valence-corrected chi connectivity index (χ3v) is 6.45. The minimum atomic E-state index is -5.92. The number of rotatable bonds is 5. The molecule has 8 heteroatoms. The molecule has 0 N–H and O–H groups in total. The second-order valence-corrected chi connectivity index (χ2v) is 9.13. The minimum absolute atomic E-state index is 0.000347. The maximum absolute atomic E-state index is 14.7. The number of carbonyl (C=O) groups is 1. The highest BCUT2D eigenvalue weighted by Gasteiger charge is 2.63. The molecule has 3 nitrogen and oxygen atoms in total. The number of halogens is 5. The molecule has 0 atom stereocenters. The Morgan fingerprint density at radius 3 is 2.09 bits per heavy atom. The molecule has 0 bridgehead atoms. The molecular weight excluding hydrogens is 463 g/mol. The fourth-order valence-electron chi connectivity index (χ4n) is 4.18. The van der Waals surface area contributed by atoms with Crippen LogP contribution in [0.5, 0.6) is 0 Å². The number of ketones is 1. The molecule has 1 aromatic heterocycles. The molecule has 2 heterocycles. The summed E-state index contributed by atoms with van der Waals surface area (Å²) in [5, 5.41) is 3.75. The fourth-order valence-corrected chi connectivity index (χ4v) is 4.18. The Kier molecular flexibility index (Phi) is 5.82. The van der Waals surface area contributed by atoms with Crippen molar-refractivity contribution in [3.05, 3.63) is 99.9 Å². The lowest BCUT2D eigenvalue weighted by Crippen LogP contribution is -2.36. The highest BCUT2D eigenvalue weighted by atomic mass is 19.4. The van der Waals surface area contributed by atoms with E-state index in [1.54, 1.807) is 39.0 Å². The molecule has 2 aromatic carbocycles. The van der Waals surface area contributed by atoms with Crippen LogP contribution < -0.4 is 0 Å². The Morgan fingerprint density at radius 2 is 1.51 bits per heavy atom.